The summed E-state index contributed by atoms with van der Waals surface area (Å²) < 4.78 is 1.39. The normalized spacial score (nSPS) is 12.4. The molecule has 0 aliphatic carbocycles. The van der Waals surface area contributed by atoms with Gasteiger partial charge in [0.2, 0.25) is 0 Å². The second kappa shape index (κ2) is 9.87. The molecule has 0 aliphatic heterocycles. The Balaban J connectivity index is 1.51. The Hall–Kier alpha value is -4.72. The van der Waals surface area contributed by atoms with E-state index < -0.39 is 0 Å². The van der Waals surface area contributed by atoms with Crippen molar-refractivity contribution in [1.82, 2.24) is 20.0 Å². The van der Waals surface area contributed by atoms with Crippen LogP contribution in [0.1, 0.15) is 34.8 Å². The highest BCUT2D eigenvalue weighted by Crippen LogP contribution is 2.28. The third kappa shape index (κ3) is 4.61. The Labute approximate surface area is 208 Å². The molecule has 8 nitrogen and oxygen atoms in total. The molecular weight excluding hydrogens is 452 g/mol. The average molecular weight is 479 g/mol. The summed E-state index contributed by atoms with van der Waals surface area (Å²) in [4.78, 5) is 22.8. The third-order valence-electron chi connectivity index (χ3n) is 6.04. The molecule has 0 radical (unpaired) electrons. The minimum Gasteiger partial charge on any atom is -0.507 e. The number of phenolic OH excluding ortho intramolecular Hbond substituents is 1. The first-order chi connectivity index (χ1) is 17.5. The summed E-state index contributed by atoms with van der Waals surface area (Å²) in [7, 11) is 0. The second-order valence-corrected chi connectivity index (χ2v) is 8.66. The van der Waals surface area contributed by atoms with Gasteiger partial charge in [0.15, 0.2) is 5.65 Å². The number of benzene rings is 3. The van der Waals surface area contributed by atoms with Crippen molar-refractivity contribution < 1.29 is 9.90 Å². The maximum Gasteiger partial charge on any atom is 0.257 e. The van der Waals surface area contributed by atoms with Gasteiger partial charge in [-0.2, -0.15) is 9.78 Å². The number of carbonyl (C=O) groups is 1. The SMILES string of the molecule is CC(CCc1ccccc1)NC(=O)c1c(N)n(N=Cc2ccccc2O)c2nc3ccccc3nc12. The highest BCUT2D eigenvalue weighted by Gasteiger charge is 2.25. The lowest BCUT2D eigenvalue weighted by molar-refractivity contribution is 0.0940. The quantitative estimate of drug-likeness (QED) is 0.298. The lowest BCUT2D eigenvalue weighted by Crippen LogP contribution is -2.33. The third-order valence-corrected chi connectivity index (χ3v) is 6.04. The van der Waals surface area contributed by atoms with Crippen LogP contribution in [0.5, 0.6) is 5.75 Å². The van der Waals surface area contributed by atoms with Crippen molar-refractivity contribution in [3.8, 4) is 5.75 Å². The van der Waals surface area contributed by atoms with E-state index in [-0.39, 0.29) is 29.1 Å². The van der Waals surface area contributed by atoms with Crippen LogP contribution in [0, 0.1) is 0 Å². The number of anilines is 1. The molecular formula is C28H26N6O2. The highest BCUT2D eigenvalue weighted by atomic mass is 16.3. The van der Waals surface area contributed by atoms with Gasteiger partial charge >= 0.3 is 0 Å². The number of hydrogen-bond acceptors (Lipinski definition) is 6. The van der Waals surface area contributed by atoms with Gasteiger partial charge in [-0.1, -0.05) is 54.6 Å². The molecule has 5 rings (SSSR count). The van der Waals surface area contributed by atoms with Crippen LogP contribution in [0.4, 0.5) is 5.82 Å². The van der Waals surface area contributed by atoms with Crippen LogP contribution < -0.4 is 11.1 Å². The number of para-hydroxylation sites is 3. The topological polar surface area (TPSA) is 118 Å². The Morgan fingerprint density at radius 3 is 2.44 bits per heavy atom. The van der Waals surface area contributed by atoms with Gasteiger partial charge in [0, 0.05) is 11.6 Å². The number of phenols is 1. The first kappa shape index (κ1) is 23.0. The Morgan fingerprint density at radius 1 is 1.03 bits per heavy atom. The zero-order valence-corrected chi connectivity index (χ0v) is 19.8. The van der Waals surface area contributed by atoms with Gasteiger partial charge in [-0.05, 0) is 49.6 Å². The summed E-state index contributed by atoms with van der Waals surface area (Å²) in [5, 5.41) is 17.6. The fourth-order valence-corrected chi connectivity index (χ4v) is 4.10. The number of nitrogen functional groups attached to an aromatic ring is 1. The van der Waals surface area contributed by atoms with Crippen LogP contribution in [-0.2, 0) is 6.42 Å². The van der Waals surface area contributed by atoms with Gasteiger partial charge in [-0.3, -0.25) is 4.79 Å². The summed E-state index contributed by atoms with van der Waals surface area (Å²) in [6.45, 7) is 1.97. The number of nitrogens with zero attached hydrogens (tertiary/aromatic N) is 4. The van der Waals surface area contributed by atoms with E-state index in [1.165, 1.54) is 16.5 Å². The number of nitrogens with one attached hydrogen (secondary N) is 1. The van der Waals surface area contributed by atoms with E-state index in [4.69, 9.17) is 15.7 Å². The van der Waals surface area contributed by atoms with E-state index in [1.54, 1.807) is 24.3 Å². The molecule has 1 amide bonds. The summed E-state index contributed by atoms with van der Waals surface area (Å²) in [6, 6.07) is 24.3. The van der Waals surface area contributed by atoms with Gasteiger partial charge in [-0.15, -0.1) is 0 Å². The number of amides is 1. The Kier molecular flexibility index (Phi) is 6.32. The molecule has 180 valence electrons. The molecule has 0 saturated heterocycles. The number of rotatable bonds is 7. The molecule has 2 heterocycles. The van der Waals surface area contributed by atoms with Gasteiger partial charge < -0.3 is 16.2 Å². The van der Waals surface area contributed by atoms with Crippen molar-refractivity contribution >= 4 is 40.1 Å². The Bertz CT molecular complexity index is 1580. The van der Waals surface area contributed by atoms with Crippen molar-refractivity contribution in [2.75, 3.05) is 5.73 Å². The molecule has 36 heavy (non-hydrogen) atoms. The summed E-state index contributed by atoms with van der Waals surface area (Å²) in [5.74, 6) is -0.128. The van der Waals surface area contributed by atoms with Gasteiger partial charge in [-0.25, -0.2) is 9.97 Å². The van der Waals surface area contributed by atoms with Crippen molar-refractivity contribution in [1.29, 1.82) is 0 Å². The minimum atomic E-state index is -0.334. The predicted molar refractivity (Wildman–Crippen MR) is 142 cm³/mol. The molecule has 0 saturated carbocycles. The standard InChI is InChI=1S/C28H26N6O2/c1-18(15-16-19-9-3-2-4-10-19)31-28(36)24-25-27(33-22-13-7-6-12-21(22)32-25)34(26(24)29)30-17-20-11-5-8-14-23(20)35/h2-14,17-18,35H,15-16,29H2,1H3,(H,31,36). The number of aromatic nitrogens is 3. The maximum atomic E-state index is 13.4. The lowest BCUT2D eigenvalue weighted by atomic mass is 10.1. The van der Waals surface area contributed by atoms with Crippen LogP contribution >= 0.6 is 0 Å². The molecule has 0 spiro atoms. The number of hydrogen-bond donors (Lipinski definition) is 3. The molecule has 1 atom stereocenters. The van der Waals surface area contributed by atoms with E-state index in [1.807, 2.05) is 49.4 Å². The molecule has 8 heteroatoms. The first-order valence-corrected chi connectivity index (χ1v) is 11.7. The molecule has 5 aromatic rings. The number of fused-ring (bicyclic) bond motifs is 2. The second-order valence-electron chi connectivity index (χ2n) is 8.66. The lowest BCUT2D eigenvalue weighted by Gasteiger charge is -2.14. The molecule has 0 bridgehead atoms. The van der Waals surface area contributed by atoms with E-state index in [2.05, 4.69) is 22.6 Å². The van der Waals surface area contributed by atoms with E-state index in [0.29, 0.717) is 27.8 Å². The minimum absolute atomic E-state index is 0.0815. The number of nitrogens with two attached hydrogens (primary N) is 1. The van der Waals surface area contributed by atoms with Gasteiger partial charge in [0.05, 0.1) is 17.2 Å². The Morgan fingerprint density at radius 2 is 1.69 bits per heavy atom. The predicted octanol–water partition coefficient (Wildman–Crippen LogP) is 4.51. The smallest absolute Gasteiger partial charge is 0.257 e. The fourth-order valence-electron chi connectivity index (χ4n) is 4.10. The van der Waals surface area contributed by atoms with Crippen molar-refractivity contribution in [2.24, 2.45) is 5.10 Å². The van der Waals surface area contributed by atoms with E-state index in [0.717, 1.165) is 12.8 Å². The van der Waals surface area contributed by atoms with Crippen LogP contribution in [-0.4, -0.2) is 37.9 Å². The molecule has 1 unspecified atom stereocenters. The maximum absolute atomic E-state index is 13.4. The zero-order chi connectivity index (χ0) is 25.1. The first-order valence-electron chi connectivity index (χ1n) is 11.7. The van der Waals surface area contributed by atoms with Crippen molar-refractivity contribution in [2.45, 2.75) is 25.8 Å². The average Bonchev–Trinajstić information content (AvgIpc) is 3.16. The number of aryl methyl sites for hydroxylation is 1. The van der Waals surface area contributed by atoms with Crippen molar-refractivity contribution in [3.63, 3.8) is 0 Å². The van der Waals surface area contributed by atoms with Crippen molar-refractivity contribution in [3.05, 3.63) is 95.6 Å². The van der Waals surface area contributed by atoms with E-state index in [9.17, 15) is 9.90 Å². The highest BCUT2D eigenvalue weighted by molar-refractivity contribution is 6.10. The molecule has 0 aliphatic rings. The van der Waals surface area contributed by atoms with Crippen LogP contribution in [0.15, 0.2) is 84.0 Å². The molecule has 0 fully saturated rings. The summed E-state index contributed by atoms with van der Waals surface area (Å²) >= 11 is 0. The van der Waals surface area contributed by atoms with Crippen LogP contribution in [0.3, 0.4) is 0 Å². The van der Waals surface area contributed by atoms with Crippen LogP contribution in [0.25, 0.3) is 22.2 Å². The zero-order valence-electron chi connectivity index (χ0n) is 19.8. The molecule has 4 N–H and O–H groups in total. The molecule has 3 aromatic carbocycles. The number of carbonyl (C=O) groups excluding carboxylic acids is 1. The molecule has 2 aromatic heterocycles. The van der Waals surface area contributed by atoms with E-state index >= 15 is 0 Å². The van der Waals surface area contributed by atoms with Crippen LogP contribution in [0.2, 0.25) is 0 Å². The van der Waals surface area contributed by atoms with Gasteiger partial charge in [0.1, 0.15) is 22.6 Å². The number of aromatic hydroxyl groups is 1. The monoisotopic (exact) mass is 478 g/mol. The van der Waals surface area contributed by atoms with Gasteiger partial charge in [0.25, 0.3) is 5.91 Å². The summed E-state index contributed by atoms with van der Waals surface area (Å²) in [5.41, 5.74) is 10.5. The largest absolute Gasteiger partial charge is 0.507 e. The summed E-state index contributed by atoms with van der Waals surface area (Å²) in [6.07, 6.45) is 3.09. The fraction of sp³-hybridized carbons (Fsp3) is 0.143.